The number of halogens is 4. The number of ketones is 1. The molecule has 0 fully saturated rings. The van der Waals surface area contributed by atoms with E-state index in [1.54, 1.807) is 0 Å². The molecule has 0 aromatic heterocycles. The number of ether oxygens (including phenoxy) is 1. The number of aromatic carboxylic acids is 1. The fourth-order valence-electron chi connectivity index (χ4n) is 1.36. The second kappa shape index (κ2) is 5.48. The molecule has 1 aromatic carbocycles. The van der Waals surface area contributed by atoms with E-state index in [1.807, 2.05) is 0 Å². The SMILES string of the molecule is CC(=O)C(Cl)c1ccc(OC(F)(F)F)cc1C(=O)O. The van der Waals surface area contributed by atoms with Gasteiger partial charge in [-0.25, -0.2) is 4.79 Å². The van der Waals surface area contributed by atoms with Gasteiger partial charge in [-0.1, -0.05) is 6.07 Å². The Kier molecular flexibility index (Phi) is 4.41. The molecule has 1 atom stereocenters. The number of carbonyl (C=O) groups excluding carboxylic acids is 1. The van der Waals surface area contributed by atoms with E-state index in [9.17, 15) is 22.8 Å². The summed E-state index contributed by atoms with van der Waals surface area (Å²) in [5.41, 5.74) is -0.604. The van der Waals surface area contributed by atoms with Gasteiger partial charge in [-0.2, -0.15) is 0 Å². The minimum absolute atomic E-state index is 0.0869. The minimum atomic E-state index is -4.93. The maximum absolute atomic E-state index is 12.0. The van der Waals surface area contributed by atoms with E-state index in [2.05, 4.69) is 4.74 Å². The Bertz CT molecular complexity index is 513. The van der Waals surface area contributed by atoms with E-state index in [0.29, 0.717) is 6.07 Å². The maximum Gasteiger partial charge on any atom is 0.573 e. The number of hydrogen-bond acceptors (Lipinski definition) is 3. The van der Waals surface area contributed by atoms with E-state index < -0.39 is 34.8 Å². The first-order valence-corrected chi connectivity index (χ1v) is 5.33. The van der Waals surface area contributed by atoms with Gasteiger partial charge in [0.1, 0.15) is 11.1 Å². The standard InChI is InChI=1S/C11H8ClF3O4/c1-5(16)9(12)7-3-2-6(19-11(13,14)15)4-8(7)10(17)18/h2-4,9H,1H3,(H,17,18). The van der Waals surface area contributed by atoms with Crippen molar-refractivity contribution in [3.63, 3.8) is 0 Å². The van der Waals surface area contributed by atoms with Gasteiger partial charge in [0, 0.05) is 0 Å². The molecule has 0 heterocycles. The number of carbonyl (C=O) groups is 2. The first kappa shape index (κ1) is 15.3. The van der Waals surface area contributed by atoms with E-state index in [-0.39, 0.29) is 5.56 Å². The zero-order valence-electron chi connectivity index (χ0n) is 9.49. The largest absolute Gasteiger partial charge is 0.573 e. The van der Waals surface area contributed by atoms with Gasteiger partial charge in [0.2, 0.25) is 0 Å². The van der Waals surface area contributed by atoms with E-state index >= 15 is 0 Å². The number of alkyl halides is 4. The third kappa shape index (κ3) is 4.13. The van der Waals surface area contributed by atoms with E-state index in [4.69, 9.17) is 16.7 Å². The summed E-state index contributed by atoms with van der Waals surface area (Å²) < 4.78 is 39.6. The van der Waals surface area contributed by atoms with Crippen LogP contribution in [0, 0.1) is 0 Å². The zero-order chi connectivity index (χ0) is 14.8. The average molecular weight is 297 g/mol. The smallest absolute Gasteiger partial charge is 0.478 e. The Morgan fingerprint density at radius 2 is 1.95 bits per heavy atom. The third-order valence-corrected chi connectivity index (χ3v) is 2.66. The fourth-order valence-corrected chi connectivity index (χ4v) is 1.55. The van der Waals surface area contributed by atoms with Crippen LogP contribution in [-0.4, -0.2) is 23.2 Å². The molecule has 1 rings (SSSR count). The molecule has 1 aromatic rings. The molecule has 1 unspecified atom stereocenters. The Morgan fingerprint density at radius 1 is 1.37 bits per heavy atom. The Labute approximate surface area is 110 Å². The fraction of sp³-hybridized carbons (Fsp3) is 0.273. The highest BCUT2D eigenvalue weighted by Gasteiger charge is 2.32. The van der Waals surface area contributed by atoms with Crippen molar-refractivity contribution < 1.29 is 32.6 Å². The summed E-state index contributed by atoms with van der Waals surface area (Å²) in [4.78, 5) is 22.1. The van der Waals surface area contributed by atoms with E-state index in [0.717, 1.165) is 19.1 Å². The molecule has 8 heteroatoms. The normalized spacial score (nSPS) is 12.9. The summed E-state index contributed by atoms with van der Waals surface area (Å²) in [6.45, 7) is 1.14. The van der Waals surface area contributed by atoms with Crippen LogP contribution in [-0.2, 0) is 4.79 Å². The summed E-state index contributed by atoms with van der Waals surface area (Å²) in [6.07, 6.45) is -4.93. The molecule has 4 nitrogen and oxygen atoms in total. The molecule has 0 radical (unpaired) electrons. The summed E-state index contributed by atoms with van der Waals surface area (Å²) in [7, 11) is 0. The Balaban J connectivity index is 3.23. The first-order valence-electron chi connectivity index (χ1n) is 4.89. The van der Waals surface area contributed by atoms with Gasteiger partial charge >= 0.3 is 12.3 Å². The summed E-state index contributed by atoms with van der Waals surface area (Å²) in [6, 6.07) is 2.58. The van der Waals surface area contributed by atoms with Gasteiger partial charge in [-0.3, -0.25) is 4.79 Å². The van der Waals surface area contributed by atoms with Crippen molar-refractivity contribution in [3.05, 3.63) is 29.3 Å². The van der Waals surface area contributed by atoms with Crippen LogP contribution in [0.3, 0.4) is 0 Å². The van der Waals surface area contributed by atoms with Crippen molar-refractivity contribution in [3.8, 4) is 5.75 Å². The van der Waals surface area contributed by atoms with Crippen LogP contribution in [0.1, 0.15) is 28.2 Å². The molecule has 0 aliphatic heterocycles. The van der Waals surface area contributed by atoms with Crippen molar-refractivity contribution in [2.45, 2.75) is 18.7 Å². The molecule has 1 N–H and O–H groups in total. The molecule has 0 bridgehead atoms. The lowest BCUT2D eigenvalue weighted by molar-refractivity contribution is -0.274. The van der Waals surface area contributed by atoms with Crippen molar-refractivity contribution in [2.24, 2.45) is 0 Å². The predicted molar refractivity (Wildman–Crippen MR) is 59.4 cm³/mol. The quantitative estimate of drug-likeness (QED) is 0.867. The molecule has 0 aliphatic rings. The second-order valence-electron chi connectivity index (χ2n) is 3.58. The highest BCUT2D eigenvalue weighted by Crippen LogP contribution is 2.30. The van der Waals surface area contributed by atoms with Gasteiger partial charge in [-0.05, 0) is 24.6 Å². The lowest BCUT2D eigenvalue weighted by Gasteiger charge is -2.13. The topological polar surface area (TPSA) is 63.6 Å². The van der Waals surface area contributed by atoms with Crippen LogP contribution in [0.2, 0.25) is 0 Å². The maximum atomic E-state index is 12.0. The molecule has 0 amide bonds. The monoisotopic (exact) mass is 296 g/mol. The van der Waals surface area contributed by atoms with Gasteiger partial charge < -0.3 is 9.84 Å². The predicted octanol–water partition coefficient (Wildman–Crippen LogP) is 3.15. The molecule has 0 saturated heterocycles. The van der Waals surface area contributed by atoms with Crippen LogP contribution < -0.4 is 4.74 Å². The van der Waals surface area contributed by atoms with E-state index in [1.165, 1.54) is 0 Å². The molecule has 0 saturated carbocycles. The van der Waals surface area contributed by atoms with Crippen LogP contribution in [0.25, 0.3) is 0 Å². The van der Waals surface area contributed by atoms with Gasteiger partial charge in [0.05, 0.1) is 5.56 Å². The number of rotatable bonds is 4. The van der Waals surface area contributed by atoms with Crippen molar-refractivity contribution in [1.82, 2.24) is 0 Å². The first-order chi connectivity index (χ1) is 8.61. The molecular formula is C11H8ClF3O4. The lowest BCUT2D eigenvalue weighted by Crippen LogP contribution is -2.18. The Morgan fingerprint density at radius 3 is 2.37 bits per heavy atom. The molecule has 0 spiro atoms. The molecule has 0 aliphatic carbocycles. The third-order valence-electron chi connectivity index (χ3n) is 2.12. The van der Waals surface area contributed by atoms with Gasteiger partial charge in [0.25, 0.3) is 0 Å². The zero-order valence-corrected chi connectivity index (χ0v) is 10.2. The highest BCUT2D eigenvalue weighted by atomic mass is 35.5. The van der Waals surface area contributed by atoms with Crippen molar-refractivity contribution >= 4 is 23.4 Å². The molecular weight excluding hydrogens is 289 g/mol. The number of Topliss-reactive ketones (excluding diaryl/α,β-unsaturated/α-hetero) is 1. The minimum Gasteiger partial charge on any atom is -0.478 e. The lowest BCUT2D eigenvalue weighted by atomic mass is 10.0. The van der Waals surface area contributed by atoms with Gasteiger partial charge in [0.15, 0.2) is 5.78 Å². The highest BCUT2D eigenvalue weighted by molar-refractivity contribution is 6.31. The summed E-state index contributed by atoms with van der Waals surface area (Å²) in [5.74, 6) is -2.72. The molecule has 104 valence electrons. The van der Waals surface area contributed by atoms with Crippen molar-refractivity contribution in [2.75, 3.05) is 0 Å². The average Bonchev–Trinajstić information content (AvgIpc) is 2.25. The number of benzene rings is 1. The van der Waals surface area contributed by atoms with Crippen LogP contribution in [0.5, 0.6) is 5.75 Å². The van der Waals surface area contributed by atoms with Crippen molar-refractivity contribution in [1.29, 1.82) is 0 Å². The van der Waals surface area contributed by atoms with Gasteiger partial charge in [-0.15, -0.1) is 24.8 Å². The summed E-state index contributed by atoms with van der Waals surface area (Å²) in [5, 5.41) is 7.67. The molecule has 19 heavy (non-hydrogen) atoms. The number of carboxylic acids is 1. The van der Waals surface area contributed by atoms with Crippen LogP contribution in [0.15, 0.2) is 18.2 Å². The summed E-state index contributed by atoms with van der Waals surface area (Å²) >= 11 is 5.70. The number of hydrogen-bond donors (Lipinski definition) is 1. The second-order valence-corrected chi connectivity index (χ2v) is 4.01. The van der Waals surface area contributed by atoms with Crippen LogP contribution >= 0.6 is 11.6 Å². The van der Waals surface area contributed by atoms with Crippen LogP contribution in [0.4, 0.5) is 13.2 Å². The Hall–Kier alpha value is -1.76. The number of carboxylic acid groups (broad SMARTS) is 1.